The minimum Gasteiger partial charge on any atom is -0.393 e. The Bertz CT molecular complexity index is 1040. The molecular formula is C26H36N6O3. The van der Waals surface area contributed by atoms with Crippen LogP contribution in [0.25, 0.3) is 0 Å². The van der Waals surface area contributed by atoms with Crippen molar-refractivity contribution in [3.8, 4) is 0 Å². The lowest BCUT2D eigenvalue weighted by molar-refractivity contribution is -0.129. The number of hydrogen-bond acceptors (Lipinski definition) is 7. The van der Waals surface area contributed by atoms with Crippen LogP contribution in [0.2, 0.25) is 0 Å². The molecule has 0 atom stereocenters. The standard InChI is InChI=1S/C26H36N6O3/c1-3-22-25(28-20-8-10-21(34)11-9-20)31-26(23(30-22)24(27)35)29-19-6-4-17(5-7-19)18-12-14-32(15-13-18)16(2)33/h4-7,18,20-21,34H,3,8-15H2,1-2H3,(H2,27,35)(H2,28,29,31)/t20-,21-. The van der Waals surface area contributed by atoms with E-state index in [1.165, 1.54) is 5.56 Å². The predicted molar refractivity (Wildman–Crippen MR) is 136 cm³/mol. The molecule has 9 heteroatoms. The highest BCUT2D eigenvalue weighted by molar-refractivity contribution is 5.96. The molecule has 188 valence electrons. The van der Waals surface area contributed by atoms with E-state index in [2.05, 4.69) is 27.8 Å². The zero-order valence-corrected chi connectivity index (χ0v) is 20.6. The largest absolute Gasteiger partial charge is 0.393 e. The summed E-state index contributed by atoms with van der Waals surface area (Å²) in [5.41, 5.74) is 8.49. The number of piperidine rings is 1. The summed E-state index contributed by atoms with van der Waals surface area (Å²) in [7, 11) is 0. The van der Waals surface area contributed by atoms with Gasteiger partial charge < -0.3 is 26.4 Å². The van der Waals surface area contributed by atoms with Gasteiger partial charge in [0.2, 0.25) is 5.91 Å². The molecule has 1 saturated heterocycles. The Kier molecular flexibility index (Phi) is 7.85. The topological polar surface area (TPSA) is 133 Å². The number of carbonyl (C=O) groups is 2. The van der Waals surface area contributed by atoms with E-state index in [-0.39, 0.29) is 23.7 Å². The third kappa shape index (κ3) is 6.08. The summed E-state index contributed by atoms with van der Waals surface area (Å²) >= 11 is 0. The molecule has 1 aliphatic carbocycles. The zero-order chi connectivity index (χ0) is 24.9. The second kappa shape index (κ2) is 11.0. The van der Waals surface area contributed by atoms with Crippen LogP contribution in [0.15, 0.2) is 24.3 Å². The van der Waals surface area contributed by atoms with Crippen LogP contribution < -0.4 is 16.4 Å². The van der Waals surface area contributed by atoms with Gasteiger partial charge in [-0.1, -0.05) is 19.1 Å². The van der Waals surface area contributed by atoms with Crippen LogP contribution in [0.5, 0.6) is 0 Å². The highest BCUT2D eigenvalue weighted by atomic mass is 16.3. The van der Waals surface area contributed by atoms with Crippen LogP contribution in [-0.2, 0) is 11.2 Å². The van der Waals surface area contributed by atoms with Crippen molar-refractivity contribution in [2.24, 2.45) is 5.73 Å². The van der Waals surface area contributed by atoms with Crippen molar-refractivity contribution in [1.29, 1.82) is 0 Å². The van der Waals surface area contributed by atoms with Crippen molar-refractivity contribution in [3.05, 3.63) is 41.2 Å². The minimum absolute atomic E-state index is 0.118. The Morgan fingerprint density at radius 1 is 1.03 bits per heavy atom. The summed E-state index contributed by atoms with van der Waals surface area (Å²) < 4.78 is 0. The van der Waals surface area contributed by atoms with E-state index in [0.717, 1.165) is 57.3 Å². The number of anilines is 3. The van der Waals surface area contributed by atoms with Gasteiger partial charge in [0, 0.05) is 31.7 Å². The lowest BCUT2D eigenvalue weighted by Crippen LogP contribution is -2.36. The fourth-order valence-corrected chi connectivity index (χ4v) is 5.01. The summed E-state index contributed by atoms with van der Waals surface area (Å²) in [6, 6.07) is 8.32. The van der Waals surface area contributed by atoms with E-state index in [4.69, 9.17) is 10.7 Å². The van der Waals surface area contributed by atoms with Crippen LogP contribution in [-0.4, -0.2) is 57.0 Å². The number of aryl methyl sites for hydroxylation is 1. The predicted octanol–water partition coefficient (Wildman–Crippen LogP) is 3.32. The van der Waals surface area contributed by atoms with E-state index in [1.807, 2.05) is 24.0 Å². The molecule has 1 aromatic carbocycles. The molecule has 2 amide bonds. The molecule has 0 radical (unpaired) electrons. The molecule has 1 aromatic heterocycles. The molecule has 4 rings (SSSR count). The van der Waals surface area contributed by atoms with Crippen LogP contribution in [0, 0.1) is 0 Å². The number of amides is 2. The van der Waals surface area contributed by atoms with Crippen molar-refractivity contribution in [2.75, 3.05) is 23.7 Å². The average molecular weight is 481 g/mol. The van der Waals surface area contributed by atoms with Crippen LogP contribution in [0.3, 0.4) is 0 Å². The molecule has 2 aromatic rings. The summed E-state index contributed by atoms with van der Waals surface area (Å²) in [6.07, 6.45) is 5.53. The Hall–Kier alpha value is -3.20. The van der Waals surface area contributed by atoms with Crippen molar-refractivity contribution in [1.82, 2.24) is 14.9 Å². The molecule has 2 aliphatic rings. The molecule has 1 saturated carbocycles. The highest BCUT2D eigenvalue weighted by Gasteiger charge is 2.24. The third-order valence-electron chi connectivity index (χ3n) is 7.16. The van der Waals surface area contributed by atoms with Gasteiger partial charge in [-0.3, -0.25) is 9.59 Å². The van der Waals surface area contributed by atoms with Gasteiger partial charge in [0.15, 0.2) is 11.5 Å². The number of carbonyl (C=O) groups excluding carboxylic acids is 2. The maximum Gasteiger partial charge on any atom is 0.271 e. The normalized spacial score (nSPS) is 20.9. The number of benzene rings is 1. The van der Waals surface area contributed by atoms with E-state index in [0.29, 0.717) is 29.7 Å². The lowest BCUT2D eigenvalue weighted by atomic mass is 9.89. The van der Waals surface area contributed by atoms with Crippen molar-refractivity contribution in [2.45, 2.75) is 76.9 Å². The molecule has 5 N–H and O–H groups in total. The molecule has 0 bridgehead atoms. The molecule has 35 heavy (non-hydrogen) atoms. The number of rotatable bonds is 7. The maximum atomic E-state index is 12.2. The number of nitrogens with two attached hydrogens (primary N) is 1. The van der Waals surface area contributed by atoms with Crippen molar-refractivity contribution >= 4 is 29.1 Å². The van der Waals surface area contributed by atoms with Gasteiger partial charge in [-0.15, -0.1) is 0 Å². The van der Waals surface area contributed by atoms with Crippen molar-refractivity contribution < 1.29 is 14.7 Å². The van der Waals surface area contributed by atoms with Gasteiger partial charge in [-0.2, -0.15) is 0 Å². The van der Waals surface area contributed by atoms with Gasteiger partial charge in [0.1, 0.15) is 5.82 Å². The molecular weight excluding hydrogens is 444 g/mol. The van der Waals surface area contributed by atoms with Gasteiger partial charge in [-0.25, -0.2) is 9.97 Å². The van der Waals surface area contributed by atoms with Gasteiger partial charge in [0.25, 0.3) is 5.91 Å². The first-order valence-corrected chi connectivity index (χ1v) is 12.6. The minimum atomic E-state index is -0.629. The van der Waals surface area contributed by atoms with E-state index in [9.17, 15) is 14.7 Å². The molecule has 9 nitrogen and oxygen atoms in total. The maximum absolute atomic E-state index is 12.2. The Labute approximate surface area is 206 Å². The molecule has 0 spiro atoms. The van der Waals surface area contributed by atoms with Gasteiger partial charge >= 0.3 is 0 Å². The zero-order valence-electron chi connectivity index (χ0n) is 20.6. The molecule has 2 fully saturated rings. The Balaban J connectivity index is 1.50. The number of nitrogens with zero attached hydrogens (tertiary/aromatic N) is 3. The van der Waals surface area contributed by atoms with Gasteiger partial charge in [-0.05, 0) is 68.6 Å². The first-order valence-electron chi connectivity index (χ1n) is 12.6. The van der Waals surface area contributed by atoms with Gasteiger partial charge in [0.05, 0.1) is 11.8 Å². The molecule has 1 aliphatic heterocycles. The smallest absolute Gasteiger partial charge is 0.271 e. The number of nitrogens with one attached hydrogen (secondary N) is 2. The van der Waals surface area contributed by atoms with Crippen LogP contribution in [0.4, 0.5) is 17.3 Å². The number of aliphatic hydroxyl groups excluding tert-OH is 1. The highest BCUT2D eigenvalue weighted by Crippen LogP contribution is 2.30. The number of primary amides is 1. The molecule has 2 heterocycles. The van der Waals surface area contributed by atoms with Crippen LogP contribution in [0.1, 0.15) is 80.0 Å². The molecule has 0 unspecified atom stereocenters. The van der Waals surface area contributed by atoms with Crippen molar-refractivity contribution in [3.63, 3.8) is 0 Å². The quantitative estimate of drug-likeness (QED) is 0.478. The summed E-state index contributed by atoms with van der Waals surface area (Å²) in [4.78, 5) is 34.9. The lowest BCUT2D eigenvalue weighted by Gasteiger charge is -2.31. The van der Waals surface area contributed by atoms with E-state index < -0.39 is 5.91 Å². The third-order valence-corrected chi connectivity index (χ3v) is 7.16. The van der Waals surface area contributed by atoms with E-state index in [1.54, 1.807) is 6.92 Å². The Morgan fingerprint density at radius 3 is 2.26 bits per heavy atom. The fourth-order valence-electron chi connectivity index (χ4n) is 5.01. The number of likely N-dealkylation sites (tertiary alicyclic amines) is 1. The SMILES string of the molecule is CCc1nc(C(N)=O)c(Nc2ccc(C3CCN(C(C)=O)CC3)cc2)nc1N[C@H]1CC[C@H](O)CC1. The second-order valence-electron chi connectivity index (χ2n) is 9.61. The Morgan fingerprint density at radius 2 is 1.69 bits per heavy atom. The van der Waals surface area contributed by atoms with Crippen LogP contribution >= 0.6 is 0 Å². The summed E-state index contributed by atoms with van der Waals surface area (Å²) in [6.45, 7) is 5.17. The first kappa shape index (κ1) is 24.9. The number of aromatic nitrogens is 2. The second-order valence-corrected chi connectivity index (χ2v) is 9.61. The summed E-state index contributed by atoms with van der Waals surface area (Å²) in [5.74, 6) is 0.911. The monoisotopic (exact) mass is 480 g/mol. The number of hydrogen-bond donors (Lipinski definition) is 4. The fraction of sp³-hybridized carbons (Fsp3) is 0.538. The van der Waals surface area contributed by atoms with E-state index >= 15 is 0 Å². The number of aliphatic hydroxyl groups is 1. The average Bonchev–Trinajstić information content (AvgIpc) is 2.86. The summed E-state index contributed by atoms with van der Waals surface area (Å²) in [5, 5.41) is 16.5. The first-order chi connectivity index (χ1) is 16.8.